The number of rotatable bonds is 6. The molecule has 1 aliphatic rings. The van der Waals surface area contributed by atoms with Crippen LogP contribution in [0.3, 0.4) is 0 Å². The Balaban J connectivity index is 1.65. The molecule has 3 rings (SSSR count). The zero-order valence-corrected chi connectivity index (χ0v) is 18.3. The second-order valence-corrected chi connectivity index (χ2v) is 7.72. The van der Waals surface area contributed by atoms with Crippen molar-refractivity contribution < 1.29 is 24.0 Å². The van der Waals surface area contributed by atoms with E-state index in [1.54, 1.807) is 50.2 Å². The van der Waals surface area contributed by atoms with Crippen molar-refractivity contribution in [2.45, 2.75) is 20.8 Å². The normalized spacial score (nSPS) is 16.2. The van der Waals surface area contributed by atoms with Crippen LogP contribution in [0.25, 0.3) is 0 Å². The lowest BCUT2D eigenvalue weighted by atomic mass is 10.1. The molecule has 6 amide bonds. The van der Waals surface area contributed by atoms with E-state index in [-0.39, 0.29) is 17.4 Å². The van der Waals surface area contributed by atoms with Gasteiger partial charge in [0.1, 0.15) is 0 Å². The van der Waals surface area contributed by atoms with Crippen LogP contribution >= 0.6 is 0 Å². The highest BCUT2D eigenvalue weighted by Gasteiger charge is 2.40. The van der Waals surface area contributed by atoms with E-state index in [0.29, 0.717) is 11.4 Å². The predicted molar refractivity (Wildman–Crippen MR) is 122 cm³/mol. The zero-order chi connectivity index (χ0) is 24.1. The van der Waals surface area contributed by atoms with Crippen molar-refractivity contribution in [3.8, 4) is 0 Å². The van der Waals surface area contributed by atoms with Crippen LogP contribution in [0.1, 0.15) is 29.8 Å². The van der Waals surface area contributed by atoms with Crippen molar-refractivity contribution in [3.63, 3.8) is 0 Å². The minimum atomic E-state index is -1.39. The quantitative estimate of drug-likeness (QED) is 0.353. The van der Waals surface area contributed by atoms with Crippen molar-refractivity contribution in [2.24, 2.45) is 16.9 Å². The van der Waals surface area contributed by atoms with E-state index >= 15 is 0 Å². The number of nitrogens with zero attached hydrogens (tertiary/aromatic N) is 2. The number of carbonyl (C=O) groups excluding carboxylic acids is 5. The number of carbonyl (C=O) groups is 5. The van der Waals surface area contributed by atoms with Gasteiger partial charge >= 0.3 is 6.03 Å². The summed E-state index contributed by atoms with van der Waals surface area (Å²) in [5.74, 6) is -3.92. The lowest BCUT2D eigenvalue weighted by Gasteiger charge is -2.28. The number of benzene rings is 2. The van der Waals surface area contributed by atoms with Gasteiger partial charge in [0.15, 0.2) is 5.92 Å². The van der Waals surface area contributed by atoms with Gasteiger partial charge in [-0.15, -0.1) is 0 Å². The summed E-state index contributed by atoms with van der Waals surface area (Å²) in [5, 5.41) is 8.54. The molecule has 10 heteroatoms. The predicted octanol–water partition coefficient (Wildman–Crippen LogP) is 2.20. The van der Waals surface area contributed by atoms with Gasteiger partial charge in [-0.1, -0.05) is 31.5 Å². The fraction of sp³-hybridized carbons (Fsp3) is 0.217. The molecule has 0 aliphatic carbocycles. The molecule has 3 N–H and O–H groups in total. The molecule has 0 saturated carbocycles. The highest BCUT2D eigenvalue weighted by molar-refractivity contribution is 6.32. The summed E-state index contributed by atoms with van der Waals surface area (Å²) in [6.45, 7) is 5.39. The number of anilines is 2. The maximum absolute atomic E-state index is 12.8. The molecule has 1 aliphatic heterocycles. The average Bonchev–Trinajstić information content (AvgIpc) is 2.77. The minimum absolute atomic E-state index is 0.148. The number of hydrogen-bond acceptors (Lipinski definition) is 6. The van der Waals surface area contributed by atoms with Crippen LogP contribution in [0.5, 0.6) is 0 Å². The molecule has 0 spiro atoms. The number of amides is 6. The van der Waals surface area contributed by atoms with Crippen molar-refractivity contribution >= 4 is 47.2 Å². The van der Waals surface area contributed by atoms with E-state index < -0.39 is 29.7 Å². The van der Waals surface area contributed by atoms with Crippen LogP contribution in [0, 0.1) is 18.8 Å². The largest absolute Gasteiger partial charge is 0.335 e. The fourth-order valence-corrected chi connectivity index (χ4v) is 2.89. The van der Waals surface area contributed by atoms with E-state index in [1.165, 1.54) is 12.1 Å². The Morgan fingerprint density at radius 1 is 1.03 bits per heavy atom. The molecule has 1 heterocycles. The maximum Gasteiger partial charge on any atom is 0.335 e. The monoisotopic (exact) mass is 449 g/mol. The van der Waals surface area contributed by atoms with Crippen molar-refractivity contribution in [2.75, 3.05) is 10.2 Å². The Kier molecular flexibility index (Phi) is 6.97. The van der Waals surface area contributed by atoms with E-state index in [2.05, 4.69) is 21.2 Å². The second kappa shape index (κ2) is 9.86. The second-order valence-electron chi connectivity index (χ2n) is 7.72. The number of hydrazone groups is 1. The molecular weight excluding hydrogens is 426 g/mol. The highest BCUT2D eigenvalue weighted by atomic mass is 16.2. The van der Waals surface area contributed by atoms with Crippen LogP contribution in [0.2, 0.25) is 0 Å². The standard InChI is InChI=1S/C23H23N5O5/c1-13(2)19(29)25-16-8-6-15(7-9-16)20(30)27-24-12-18-21(31)26-23(33)28(22(18)32)17-10-4-14(3)5-11-17/h4-13,18H,1-3H3,(H,25,29)(H,27,30)(H,26,31,33)/b24-12-/t18-/m1/s1. The Labute approximate surface area is 190 Å². The van der Waals surface area contributed by atoms with Crippen LogP contribution in [-0.4, -0.2) is 35.9 Å². The summed E-state index contributed by atoms with van der Waals surface area (Å²) < 4.78 is 0. The molecule has 0 unspecified atom stereocenters. The molecule has 0 aromatic heterocycles. The third-order valence-corrected chi connectivity index (χ3v) is 4.82. The van der Waals surface area contributed by atoms with Gasteiger partial charge in [-0.2, -0.15) is 5.10 Å². The maximum atomic E-state index is 12.8. The Morgan fingerprint density at radius 2 is 1.67 bits per heavy atom. The van der Waals surface area contributed by atoms with Crippen molar-refractivity contribution in [1.29, 1.82) is 0 Å². The number of urea groups is 1. The summed E-state index contributed by atoms with van der Waals surface area (Å²) >= 11 is 0. The first-order valence-corrected chi connectivity index (χ1v) is 10.2. The van der Waals surface area contributed by atoms with Gasteiger partial charge in [0.05, 0.1) is 5.69 Å². The molecule has 1 fully saturated rings. The van der Waals surface area contributed by atoms with Crippen molar-refractivity contribution in [1.82, 2.24) is 10.7 Å². The number of hydrogen-bond donors (Lipinski definition) is 3. The molecule has 2 aromatic rings. The SMILES string of the molecule is Cc1ccc(N2C(=O)NC(=O)[C@@H](/C=N\NC(=O)c3ccc(NC(=O)C(C)C)cc3)C2=O)cc1. The third kappa shape index (κ3) is 5.48. The molecule has 0 bridgehead atoms. The van der Waals surface area contributed by atoms with Crippen LogP contribution in [0.15, 0.2) is 53.6 Å². The summed E-state index contributed by atoms with van der Waals surface area (Å²) in [6.07, 6.45) is 0.973. The smallest absolute Gasteiger partial charge is 0.326 e. The lowest BCUT2D eigenvalue weighted by Crippen LogP contribution is -2.58. The van der Waals surface area contributed by atoms with Gasteiger partial charge in [0.25, 0.3) is 11.8 Å². The van der Waals surface area contributed by atoms with Gasteiger partial charge in [0, 0.05) is 23.4 Å². The molecule has 170 valence electrons. The first-order chi connectivity index (χ1) is 15.7. The van der Waals surface area contributed by atoms with E-state index in [4.69, 9.17) is 0 Å². The number of imide groups is 2. The van der Waals surface area contributed by atoms with Gasteiger partial charge in [0.2, 0.25) is 11.8 Å². The fourth-order valence-electron chi connectivity index (χ4n) is 2.89. The molecule has 1 saturated heterocycles. The average molecular weight is 449 g/mol. The Hall–Kier alpha value is -4.34. The van der Waals surface area contributed by atoms with E-state index in [0.717, 1.165) is 16.7 Å². The third-order valence-electron chi connectivity index (χ3n) is 4.82. The molecule has 10 nitrogen and oxygen atoms in total. The summed E-state index contributed by atoms with van der Waals surface area (Å²) in [6, 6.07) is 11.9. The van der Waals surface area contributed by atoms with E-state index in [1.807, 2.05) is 6.92 Å². The van der Waals surface area contributed by atoms with Gasteiger partial charge in [-0.05, 0) is 43.3 Å². The Morgan fingerprint density at radius 3 is 2.27 bits per heavy atom. The topological polar surface area (TPSA) is 137 Å². The molecule has 0 radical (unpaired) electrons. The highest BCUT2D eigenvalue weighted by Crippen LogP contribution is 2.20. The lowest BCUT2D eigenvalue weighted by molar-refractivity contribution is -0.131. The number of aryl methyl sites for hydroxylation is 1. The van der Waals surface area contributed by atoms with Gasteiger partial charge in [-0.3, -0.25) is 24.5 Å². The van der Waals surface area contributed by atoms with Gasteiger partial charge < -0.3 is 5.32 Å². The summed E-state index contributed by atoms with van der Waals surface area (Å²) in [7, 11) is 0. The van der Waals surface area contributed by atoms with Crippen molar-refractivity contribution in [3.05, 3.63) is 59.7 Å². The molecular formula is C23H23N5O5. The first-order valence-electron chi connectivity index (χ1n) is 10.2. The first kappa shape index (κ1) is 23.3. The number of barbiturate groups is 1. The molecule has 33 heavy (non-hydrogen) atoms. The Bertz CT molecular complexity index is 1120. The zero-order valence-electron chi connectivity index (χ0n) is 18.3. The van der Waals surface area contributed by atoms with Gasteiger partial charge in [-0.25, -0.2) is 15.1 Å². The summed E-state index contributed by atoms with van der Waals surface area (Å²) in [4.78, 5) is 62.0. The molecule has 1 atom stereocenters. The van der Waals surface area contributed by atoms with Crippen LogP contribution < -0.4 is 21.0 Å². The number of nitrogens with one attached hydrogen (secondary N) is 3. The van der Waals surface area contributed by atoms with Crippen LogP contribution in [-0.2, 0) is 14.4 Å². The van der Waals surface area contributed by atoms with Crippen LogP contribution in [0.4, 0.5) is 16.2 Å². The molecule has 2 aromatic carbocycles. The summed E-state index contributed by atoms with van der Waals surface area (Å²) in [5.41, 5.74) is 4.29. The van der Waals surface area contributed by atoms with E-state index in [9.17, 15) is 24.0 Å². The minimum Gasteiger partial charge on any atom is -0.326 e.